The Kier molecular flexibility index (Phi) is 12.2. The molecule has 2 fully saturated rings. The molecule has 0 radical (unpaired) electrons. The standard InChI is InChI=1S/C34H56BN7O6S/c1-10-26-33(7)34(11-2,42(31(45)48-33)16-13-12-15-41-20-24(38-39-41)25-19-37-30(36)49-25)40(8)17-14-21(3)18-32(6,46-9)28(35)22(4)27(43)23(5)29(44)47-26/h19-23,26,28H,10-18,35H2,1-9H3,(H2,36,37)/t21-,22+,23-,26-,28-,32-,33-,34+/m1/s1. The number of aromatic nitrogens is 4. The van der Waals surface area contributed by atoms with E-state index in [4.69, 9.17) is 19.9 Å². The van der Waals surface area contributed by atoms with Gasteiger partial charge in [-0.15, -0.1) is 5.10 Å². The molecule has 0 aromatic carbocycles. The number of methoxy groups -OCH3 is 1. The molecular formula is C34H56BN7O6S. The zero-order chi connectivity index (χ0) is 36.3. The van der Waals surface area contributed by atoms with Gasteiger partial charge in [0.2, 0.25) is 0 Å². The molecule has 0 unspecified atom stereocenters. The lowest BCUT2D eigenvalue weighted by Crippen LogP contribution is -2.70. The van der Waals surface area contributed by atoms with Crippen LogP contribution < -0.4 is 5.73 Å². The van der Waals surface area contributed by atoms with Gasteiger partial charge in [0.15, 0.2) is 10.7 Å². The zero-order valence-electron chi connectivity index (χ0n) is 31.0. The SMILES string of the molecule is B[C@@H]1[C@@H](C)C(=O)[C@@H](C)C(=O)O[C@H](CC)[C@@]2(C)OC(=O)N(CCCCn3cc(-c4cnc(N)s4)nn3)[C@]2(CC)N(C)CC[C@@H](C)C[C@@]1(C)OC. The smallest absolute Gasteiger partial charge is 0.412 e. The summed E-state index contributed by atoms with van der Waals surface area (Å²) >= 11 is 1.36. The zero-order valence-corrected chi connectivity index (χ0v) is 31.8. The van der Waals surface area contributed by atoms with E-state index in [-0.39, 0.29) is 17.5 Å². The Balaban J connectivity index is 1.62. The average Bonchev–Trinajstić information content (AvgIpc) is 3.78. The minimum atomic E-state index is -1.21. The predicted octanol–water partition coefficient (Wildman–Crippen LogP) is 4.43. The van der Waals surface area contributed by atoms with E-state index in [0.717, 1.165) is 29.8 Å². The van der Waals surface area contributed by atoms with Gasteiger partial charge in [0.25, 0.3) is 0 Å². The van der Waals surface area contributed by atoms with E-state index in [9.17, 15) is 14.4 Å². The maximum Gasteiger partial charge on any atom is 0.412 e. The van der Waals surface area contributed by atoms with Crippen molar-refractivity contribution in [3.8, 4) is 10.6 Å². The Hall–Kier alpha value is -3.04. The third kappa shape index (κ3) is 7.39. The molecule has 13 nitrogen and oxygen atoms in total. The van der Waals surface area contributed by atoms with Gasteiger partial charge in [-0.2, -0.15) is 0 Å². The Labute approximate surface area is 296 Å². The maximum absolute atomic E-state index is 13.9. The number of thiazole rings is 1. The third-order valence-corrected chi connectivity index (χ3v) is 12.4. The summed E-state index contributed by atoms with van der Waals surface area (Å²) < 4.78 is 20.4. The molecule has 8 atom stereocenters. The average molecular weight is 702 g/mol. The summed E-state index contributed by atoms with van der Waals surface area (Å²) in [6.07, 6.45) is 6.29. The van der Waals surface area contributed by atoms with Gasteiger partial charge in [0.1, 0.15) is 37.0 Å². The van der Waals surface area contributed by atoms with Crippen molar-refractivity contribution in [2.45, 2.75) is 122 Å². The van der Waals surface area contributed by atoms with E-state index in [1.54, 1.807) is 24.9 Å². The number of nitrogens with zero attached hydrogens (tertiary/aromatic N) is 6. The number of esters is 1. The van der Waals surface area contributed by atoms with Gasteiger partial charge in [-0.25, -0.2) is 9.78 Å². The molecule has 2 aliphatic rings. The van der Waals surface area contributed by atoms with E-state index < -0.39 is 46.9 Å². The number of nitrogens with two attached hydrogens (primary N) is 1. The lowest BCUT2D eigenvalue weighted by molar-refractivity contribution is -0.189. The second-order valence-corrected chi connectivity index (χ2v) is 15.6. The van der Waals surface area contributed by atoms with Crippen LogP contribution in [-0.2, 0) is 30.3 Å². The number of likely N-dealkylation sites (N-methyl/N-ethyl adjacent to an activating group) is 1. The number of hydrogen-bond acceptors (Lipinski definition) is 12. The summed E-state index contributed by atoms with van der Waals surface area (Å²) in [6, 6.07) is 0. The second kappa shape index (κ2) is 15.5. The maximum atomic E-state index is 13.9. The van der Waals surface area contributed by atoms with Gasteiger partial charge in [-0.3, -0.25) is 24.1 Å². The molecule has 2 aromatic rings. The minimum absolute atomic E-state index is 0.126. The highest BCUT2D eigenvalue weighted by Gasteiger charge is 2.67. The van der Waals surface area contributed by atoms with Gasteiger partial charge in [-0.05, 0) is 78.1 Å². The number of fused-ring (bicyclic) bond motifs is 1. The van der Waals surface area contributed by atoms with Crippen molar-refractivity contribution in [1.29, 1.82) is 0 Å². The fraction of sp³-hybridized carbons (Fsp3) is 0.765. The van der Waals surface area contributed by atoms with E-state index >= 15 is 0 Å². The number of unbranched alkanes of at least 4 members (excludes halogenated alkanes) is 1. The lowest BCUT2D eigenvalue weighted by atomic mass is 9.62. The summed E-state index contributed by atoms with van der Waals surface area (Å²) in [4.78, 5) is 50.3. The highest BCUT2D eigenvalue weighted by Crippen LogP contribution is 2.48. The van der Waals surface area contributed by atoms with Gasteiger partial charge in [-0.1, -0.05) is 44.2 Å². The molecule has 2 aromatic heterocycles. The first-order chi connectivity index (χ1) is 23.1. The van der Waals surface area contributed by atoms with E-state index in [1.807, 2.05) is 46.8 Å². The fourth-order valence-corrected chi connectivity index (χ4v) is 8.80. The molecule has 2 N–H and O–H groups in total. The molecule has 2 aliphatic heterocycles. The van der Waals surface area contributed by atoms with Gasteiger partial charge in [0, 0.05) is 38.9 Å². The van der Waals surface area contributed by atoms with Crippen LogP contribution in [-0.4, -0.2) is 106 Å². The number of anilines is 1. The van der Waals surface area contributed by atoms with Crippen molar-refractivity contribution < 1.29 is 28.6 Å². The van der Waals surface area contributed by atoms with Crippen LogP contribution in [0.3, 0.4) is 0 Å². The molecule has 49 heavy (non-hydrogen) atoms. The fourth-order valence-electron chi connectivity index (χ4n) is 8.17. The summed E-state index contributed by atoms with van der Waals surface area (Å²) in [5.74, 6) is -2.06. The molecular weight excluding hydrogens is 645 g/mol. The molecule has 2 saturated heterocycles. The first-order valence-electron chi connectivity index (χ1n) is 17.7. The van der Waals surface area contributed by atoms with E-state index in [2.05, 4.69) is 41.0 Å². The third-order valence-electron chi connectivity index (χ3n) is 11.6. The Morgan fingerprint density at radius 2 is 1.84 bits per heavy atom. The first-order valence-corrected chi connectivity index (χ1v) is 18.5. The Morgan fingerprint density at radius 1 is 1.14 bits per heavy atom. The number of carbonyl (C=O) groups is 3. The molecule has 0 spiro atoms. The number of ketones is 1. The number of cyclic esters (lactones) is 1. The monoisotopic (exact) mass is 701 g/mol. The van der Waals surface area contributed by atoms with Crippen molar-refractivity contribution >= 4 is 42.2 Å². The van der Waals surface area contributed by atoms with Crippen molar-refractivity contribution in [3.05, 3.63) is 12.4 Å². The topological polar surface area (TPSA) is 155 Å². The van der Waals surface area contributed by atoms with Crippen molar-refractivity contribution in [2.24, 2.45) is 17.8 Å². The van der Waals surface area contributed by atoms with Crippen LogP contribution >= 0.6 is 11.3 Å². The van der Waals surface area contributed by atoms with Crippen molar-refractivity contribution in [1.82, 2.24) is 29.8 Å². The highest BCUT2D eigenvalue weighted by molar-refractivity contribution is 7.18. The number of hydrogen-bond donors (Lipinski definition) is 1. The van der Waals surface area contributed by atoms with Crippen LogP contribution in [0.15, 0.2) is 12.4 Å². The number of Topliss-reactive ketones (excluding diaryl/α,β-unsaturated/α-hetero) is 1. The van der Waals surface area contributed by atoms with E-state index in [0.29, 0.717) is 44.0 Å². The van der Waals surface area contributed by atoms with Gasteiger partial charge < -0.3 is 19.9 Å². The second-order valence-electron chi connectivity index (χ2n) is 14.5. The molecule has 272 valence electrons. The van der Waals surface area contributed by atoms with Crippen LogP contribution in [0.1, 0.15) is 87.0 Å². The minimum Gasteiger partial charge on any atom is -0.457 e. The predicted molar refractivity (Wildman–Crippen MR) is 192 cm³/mol. The quantitative estimate of drug-likeness (QED) is 0.171. The summed E-state index contributed by atoms with van der Waals surface area (Å²) in [6.45, 7) is 15.3. The van der Waals surface area contributed by atoms with Crippen LogP contribution in [0.2, 0.25) is 5.82 Å². The Morgan fingerprint density at radius 3 is 2.45 bits per heavy atom. The van der Waals surface area contributed by atoms with Crippen LogP contribution in [0.5, 0.6) is 0 Å². The lowest BCUT2D eigenvalue weighted by Gasteiger charge is -2.52. The van der Waals surface area contributed by atoms with Crippen LogP contribution in [0.4, 0.5) is 9.93 Å². The van der Waals surface area contributed by atoms with Crippen molar-refractivity contribution in [3.63, 3.8) is 0 Å². The number of nitrogen functional groups attached to an aromatic ring is 1. The van der Waals surface area contributed by atoms with Crippen molar-refractivity contribution in [2.75, 3.05) is 33.0 Å². The number of aryl methyl sites for hydroxylation is 1. The highest BCUT2D eigenvalue weighted by atomic mass is 32.1. The molecule has 1 amide bonds. The van der Waals surface area contributed by atoms with Gasteiger partial charge >= 0.3 is 12.1 Å². The molecule has 0 saturated carbocycles. The largest absolute Gasteiger partial charge is 0.457 e. The molecule has 0 bridgehead atoms. The van der Waals surface area contributed by atoms with Gasteiger partial charge in [0.05, 0.1) is 16.7 Å². The molecule has 4 rings (SSSR count). The number of rotatable bonds is 9. The number of amides is 1. The van der Waals surface area contributed by atoms with Crippen LogP contribution in [0, 0.1) is 17.8 Å². The molecule has 15 heteroatoms. The summed E-state index contributed by atoms with van der Waals surface area (Å²) in [5, 5.41) is 9.01. The van der Waals surface area contributed by atoms with E-state index in [1.165, 1.54) is 11.3 Å². The summed E-state index contributed by atoms with van der Waals surface area (Å²) in [7, 11) is 5.76. The normalized spacial score (nSPS) is 33.9. The molecule has 4 heterocycles. The molecule has 0 aliphatic carbocycles. The first kappa shape index (κ1) is 38.8. The summed E-state index contributed by atoms with van der Waals surface area (Å²) in [5.41, 5.74) is 3.80. The van der Waals surface area contributed by atoms with Crippen LogP contribution in [0.25, 0.3) is 10.6 Å². The number of ether oxygens (including phenoxy) is 3. The number of carbonyl (C=O) groups excluding carboxylic acids is 3. The Bertz CT molecular complexity index is 1470.